The maximum Gasteiger partial charge on any atom is 0.321 e. The van der Waals surface area contributed by atoms with Gasteiger partial charge in [0.15, 0.2) is 0 Å². The number of urea groups is 1. The minimum Gasteiger partial charge on any atom is -0.490 e. The average Bonchev–Trinajstić information content (AvgIpc) is 2.88. The van der Waals surface area contributed by atoms with Crippen LogP contribution in [0.2, 0.25) is 0 Å². The molecule has 3 aromatic rings. The topological polar surface area (TPSA) is 88.1 Å². The SMILES string of the molecule is O=C(O)CCc1cccc(NC(=O)N2CCC(Oc3ccc(OCc4ccccc4)cc3)CC2)c1. The lowest BCUT2D eigenvalue weighted by Crippen LogP contribution is -2.43. The van der Waals surface area contributed by atoms with Gasteiger partial charge in [0.1, 0.15) is 24.2 Å². The Morgan fingerprint density at radius 3 is 2.29 bits per heavy atom. The maximum atomic E-state index is 12.7. The predicted molar refractivity (Wildman–Crippen MR) is 134 cm³/mol. The fourth-order valence-corrected chi connectivity index (χ4v) is 3.98. The molecule has 0 aromatic heterocycles. The summed E-state index contributed by atoms with van der Waals surface area (Å²) in [5.41, 5.74) is 2.68. The summed E-state index contributed by atoms with van der Waals surface area (Å²) in [5, 5.41) is 11.8. The Labute approximate surface area is 205 Å². The van der Waals surface area contributed by atoms with E-state index in [-0.39, 0.29) is 18.6 Å². The standard InChI is InChI=1S/C28H30N2O5/c31-27(32)14-9-21-7-4-8-23(19-21)29-28(33)30-17-15-26(16-18-30)35-25-12-10-24(11-13-25)34-20-22-5-2-1-3-6-22/h1-8,10-13,19,26H,9,14-18,20H2,(H,29,33)(H,31,32). The molecule has 0 atom stereocenters. The number of aliphatic carboxylic acids is 1. The first-order valence-electron chi connectivity index (χ1n) is 11.9. The second-order valence-electron chi connectivity index (χ2n) is 8.57. The predicted octanol–water partition coefficient (Wildman–Crippen LogP) is 5.36. The first kappa shape index (κ1) is 24.1. The van der Waals surface area contributed by atoms with Gasteiger partial charge in [-0.05, 0) is 53.9 Å². The molecule has 1 aliphatic rings. The molecule has 4 rings (SSSR count). The number of hydrogen-bond donors (Lipinski definition) is 2. The third-order valence-corrected chi connectivity index (χ3v) is 5.91. The van der Waals surface area contributed by atoms with Crippen LogP contribution in [0, 0.1) is 0 Å². The molecule has 1 heterocycles. The van der Waals surface area contributed by atoms with Gasteiger partial charge in [0, 0.05) is 38.0 Å². The third kappa shape index (κ3) is 7.50. The number of aryl methyl sites for hydroxylation is 1. The number of nitrogens with one attached hydrogen (secondary N) is 1. The highest BCUT2D eigenvalue weighted by molar-refractivity contribution is 5.89. The minimum absolute atomic E-state index is 0.0504. The van der Waals surface area contributed by atoms with E-state index < -0.39 is 5.97 Å². The molecule has 7 heteroatoms. The number of carboxylic acids is 1. The number of nitrogens with zero attached hydrogens (tertiary/aromatic N) is 1. The third-order valence-electron chi connectivity index (χ3n) is 5.91. The highest BCUT2D eigenvalue weighted by Crippen LogP contribution is 2.23. The molecule has 0 radical (unpaired) electrons. The van der Waals surface area contributed by atoms with Gasteiger partial charge in [0.25, 0.3) is 0 Å². The van der Waals surface area contributed by atoms with Gasteiger partial charge in [-0.2, -0.15) is 0 Å². The number of likely N-dealkylation sites (tertiary alicyclic amines) is 1. The Balaban J connectivity index is 1.20. The zero-order valence-corrected chi connectivity index (χ0v) is 19.6. The average molecular weight is 475 g/mol. The van der Waals surface area contributed by atoms with Crippen LogP contribution in [0.1, 0.15) is 30.4 Å². The molecular weight excluding hydrogens is 444 g/mol. The van der Waals surface area contributed by atoms with E-state index in [0.29, 0.717) is 31.8 Å². The van der Waals surface area contributed by atoms with E-state index in [1.54, 1.807) is 4.90 Å². The first-order valence-corrected chi connectivity index (χ1v) is 11.9. The summed E-state index contributed by atoms with van der Waals surface area (Å²) >= 11 is 0. The normalized spacial score (nSPS) is 13.8. The number of carboxylic acid groups (broad SMARTS) is 1. The molecule has 35 heavy (non-hydrogen) atoms. The summed E-state index contributed by atoms with van der Waals surface area (Å²) in [6.45, 7) is 1.73. The van der Waals surface area contributed by atoms with E-state index in [4.69, 9.17) is 14.6 Å². The summed E-state index contributed by atoms with van der Waals surface area (Å²) < 4.78 is 11.9. The van der Waals surface area contributed by atoms with E-state index in [2.05, 4.69) is 5.32 Å². The van der Waals surface area contributed by atoms with Gasteiger partial charge in [-0.15, -0.1) is 0 Å². The van der Waals surface area contributed by atoms with Crippen molar-refractivity contribution in [2.45, 2.75) is 38.4 Å². The van der Waals surface area contributed by atoms with Crippen LogP contribution in [0.5, 0.6) is 11.5 Å². The van der Waals surface area contributed by atoms with Crippen molar-refractivity contribution in [3.63, 3.8) is 0 Å². The van der Waals surface area contributed by atoms with Crippen molar-refractivity contribution < 1.29 is 24.2 Å². The largest absolute Gasteiger partial charge is 0.490 e. The number of carbonyl (C=O) groups is 2. The molecule has 2 N–H and O–H groups in total. The number of carbonyl (C=O) groups excluding carboxylic acids is 1. The van der Waals surface area contributed by atoms with Crippen LogP contribution in [-0.2, 0) is 17.8 Å². The van der Waals surface area contributed by atoms with Crippen molar-refractivity contribution in [1.29, 1.82) is 0 Å². The van der Waals surface area contributed by atoms with Crippen molar-refractivity contribution >= 4 is 17.7 Å². The van der Waals surface area contributed by atoms with Crippen LogP contribution in [0.3, 0.4) is 0 Å². The van der Waals surface area contributed by atoms with E-state index in [1.807, 2.05) is 78.9 Å². The van der Waals surface area contributed by atoms with E-state index in [1.165, 1.54) is 0 Å². The molecular formula is C28H30N2O5. The number of hydrogen-bond acceptors (Lipinski definition) is 4. The number of rotatable bonds is 9. The van der Waals surface area contributed by atoms with Gasteiger partial charge in [-0.25, -0.2) is 4.79 Å². The summed E-state index contributed by atoms with van der Waals surface area (Å²) in [4.78, 5) is 25.2. The molecule has 1 aliphatic heterocycles. The van der Waals surface area contributed by atoms with Crippen molar-refractivity contribution in [3.05, 3.63) is 90.0 Å². The number of piperidine rings is 1. The Hall–Kier alpha value is -4.00. The number of anilines is 1. The van der Waals surface area contributed by atoms with Gasteiger partial charge >= 0.3 is 12.0 Å². The molecule has 182 valence electrons. The lowest BCUT2D eigenvalue weighted by atomic mass is 10.1. The van der Waals surface area contributed by atoms with Crippen molar-refractivity contribution in [1.82, 2.24) is 4.90 Å². The quantitative estimate of drug-likeness (QED) is 0.436. The lowest BCUT2D eigenvalue weighted by Gasteiger charge is -2.32. The van der Waals surface area contributed by atoms with Crippen LogP contribution >= 0.6 is 0 Å². The van der Waals surface area contributed by atoms with Gasteiger partial charge in [0.05, 0.1) is 0 Å². The van der Waals surface area contributed by atoms with Crippen LogP contribution in [0.15, 0.2) is 78.9 Å². The van der Waals surface area contributed by atoms with Crippen LogP contribution in [0.4, 0.5) is 10.5 Å². The summed E-state index contributed by atoms with van der Waals surface area (Å²) in [6.07, 6.45) is 2.04. The zero-order chi connectivity index (χ0) is 24.5. The molecule has 2 amide bonds. The summed E-state index contributed by atoms with van der Waals surface area (Å²) in [5.74, 6) is 0.745. The Kier molecular flexibility index (Phi) is 8.22. The van der Waals surface area contributed by atoms with E-state index >= 15 is 0 Å². The summed E-state index contributed by atoms with van der Waals surface area (Å²) in [7, 11) is 0. The zero-order valence-electron chi connectivity index (χ0n) is 19.6. The monoisotopic (exact) mass is 474 g/mol. The Morgan fingerprint density at radius 2 is 1.57 bits per heavy atom. The van der Waals surface area contributed by atoms with Crippen molar-refractivity contribution in [2.24, 2.45) is 0 Å². The van der Waals surface area contributed by atoms with E-state index in [0.717, 1.165) is 35.5 Å². The van der Waals surface area contributed by atoms with Crippen molar-refractivity contribution in [3.8, 4) is 11.5 Å². The molecule has 0 saturated carbocycles. The minimum atomic E-state index is -0.836. The second kappa shape index (κ2) is 11.9. The Morgan fingerprint density at radius 1 is 0.886 bits per heavy atom. The van der Waals surface area contributed by atoms with E-state index in [9.17, 15) is 9.59 Å². The van der Waals surface area contributed by atoms with Crippen LogP contribution in [-0.4, -0.2) is 41.2 Å². The second-order valence-corrected chi connectivity index (χ2v) is 8.57. The fraction of sp³-hybridized carbons (Fsp3) is 0.286. The molecule has 7 nitrogen and oxygen atoms in total. The molecule has 1 saturated heterocycles. The smallest absolute Gasteiger partial charge is 0.321 e. The highest BCUT2D eigenvalue weighted by Gasteiger charge is 2.24. The molecule has 3 aromatic carbocycles. The maximum absolute atomic E-state index is 12.7. The lowest BCUT2D eigenvalue weighted by molar-refractivity contribution is -0.136. The molecule has 0 bridgehead atoms. The van der Waals surface area contributed by atoms with Crippen molar-refractivity contribution in [2.75, 3.05) is 18.4 Å². The van der Waals surface area contributed by atoms with Crippen LogP contribution in [0.25, 0.3) is 0 Å². The molecule has 1 fully saturated rings. The van der Waals surface area contributed by atoms with Gasteiger partial charge in [0.2, 0.25) is 0 Å². The first-order chi connectivity index (χ1) is 17.0. The number of amides is 2. The summed E-state index contributed by atoms with van der Waals surface area (Å²) in [6, 6.07) is 24.8. The number of ether oxygens (including phenoxy) is 2. The molecule has 0 spiro atoms. The van der Waals surface area contributed by atoms with Gasteiger partial charge < -0.3 is 24.8 Å². The molecule has 0 unspecified atom stereocenters. The van der Waals surface area contributed by atoms with Gasteiger partial charge in [-0.1, -0.05) is 42.5 Å². The van der Waals surface area contributed by atoms with Crippen LogP contribution < -0.4 is 14.8 Å². The number of benzene rings is 3. The fourth-order valence-electron chi connectivity index (χ4n) is 3.98. The highest BCUT2D eigenvalue weighted by atomic mass is 16.5. The van der Waals surface area contributed by atoms with Gasteiger partial charge in [-0.3, -0.25) is 4.79 Å². The molecule has 0 aliphatic carbocycles. The Bertz CT molecular complexity index is 1110.